The number of benzene rings is 10. The van der Waals surface area contributed by atoms with Gasteiger partial charge in [-0.15, -0.1) is 0 Å². The fourth-order valence-electron chi connectivity index (χ4n) is 8.82. The van der Waals surface area contributed by atoms with Crippen LogP contribution < -0.4 is 4.90 Å². The van der Waals surface area contributed by atoms with Gasteiger partial charge in [0.05, 0.1) is 0 Å². The quantitative estimate of drug-likeness (QED) is 0.156. The summed E-state index contributed by atoms with van der Waals surface area (Å²) in [6, 6.07) is 90.6. The van der Waals surface area contributed by atoms with E-state index in [1.54, 1.807) is 0 Å². The molecule has 11 aromatic carbocycles. The van der Waals surface area contributed by atoms with Crippen molar-refractivity contribution in [1.29, 1.82) is 0 Å². The largest absolute Gasteiger partial charge is 0.310 e. The van der Waals surface area contributed by atoms with Gasteiger partial charge in [-0.2, -0.15) is 0 Å². The summed E-state index contributed by atoms with van der Waals surface area (Å²) in [5, 5.41) is 9.73. The zero-order chi connectivity index (χ0) is 40.5. The Kier molecular flexibility index (Phi) is 9.26. The smallest absolute Gasteiger partial charge is 0.0468 e. The fourth-order valence-corrected chi connectivity index (χ4v) is 8.82. The molecule has 0 aromatic heterocycles. The molecule has 0 aliphatic heterocycles. The Morgan fingerprint density at radius 1 is 0.197 bits per heavy atom. The minimum absolute atomic E-state index is 1.09. The van der Waals surface area contributed by atoms with Gasteiger partial charge in [-0.05, 0) is 142 Å². The molecule has 0 saturated heterocycles. The molecule has 0 atom stereocenters. The molecule has 0 unspecified atom stereocenters. The molecule has 11 aromatic rings. The molecule has 1 nitrogen and oxygen atoms in total. The highest BCUT2D eigenvalue weighted by molar-refractivity contribution is 6.17. The summed E-state index contributed by atoms with van der Waals surface area (Å²) in [5.74, 6) is 0. The maximum atomic E-state index is 2.39. The van der Waals surface area contributed by atoms with Crippen LogP contribution in [0, 0.1) is 0 Å². The van der Waals surface area contributed by atoms with Crippen LogP contribution in [0.15, 0.2) is 249 Å². The molecule has 4 bridgehead atoms. The molecule has 0 N–H and O–H groups in total. The highest BCUT2D eigenvalue weighted by atomic mass is 15.1. The van der Waals surface area contributed by atoms with Crippen LogP contribution in [-0.4, -0.2) is 0 Å². The average molecular weight is 776 g/mol. The zero-order valence-electron chi connectivity index (χ0n) is 33.6. The molecule has 11 rings (SSSR count). The first-order chi connectivity index (χ1) is 30.2. The molecule has 0 radical (unpaired) electrons. The van der Waals surface area contributed by atoms with Crippen molar-refractivity contribution in [3.63, 3.8) is 0 Å². The molecular weight excluding hydrogens is 735 g/mol. The van der Waals surface area contributed by atoms with Crippen molar-refractivity contribution in [3.05, 3.63) is 249 Å². The van der Waals surface area contributed by atoms with E-state index in [2.05, 4.69) is 254 Å². The first-order valence-corrected chi connectivity index (χ1v) is 21.0. The lowest BCUT2D eigenvalue weighted by Gasteiger charge is -2.26. The van der Waals surface area contributed by atoms with Crippen molar-refractivity contribution < 1.29 is 0 Å². The minimum atomic E-state index is 1.09. The second-order valence-corrected chi connectivity index (χ2v) is 15.8. The van der Waals surface area contributed by atoms with E-state index >= 15 is 0 Å². The second-order valence-electron chi connectivity index (χ2n) is 15.8. The van der Waals surface area contributed by atoms with Crippen molar-refractivity contribution in [2.24, 2.45) is 0 Å². The normalized spacial score (nSPS) is 11.3. The highest BCUT2D eigenvalue weighted by Crippen LogP contribution is 2.40. The van der Waals surface area contributed by atoms with Crippen molar-refractivity contribution in [1.82, 2.24) is 0 Å². The third kappa shape index (κ3) is 7.13. The summed E-state index contributed by atoms with van der Waals surface area (Å²) in [7, 11) is 0. The predicted molar refractivity (Wildman–Crippen MR) is 262 cm³/mol. The van der Waals surface area contributed by atoms with Gasteiger partial charge in [0.2, 0.25) is 0 Å². The van der Waals surface area contributed by atoms with Gasteiger partial charge in [0.1, 0.15) is 0 Å². The predicted octanol–water partition coefficient (Wildman–Crippen LogP) is 17.0. The van der Waals surface area contributed by atoms with Crippen molar-refractivity contribution in [2.75, 3.05) is 4.90 Å². The molecule has 61 heavy (non-hydrogen) atoms. The zero-order valence-corrected chi connectivity index (χ0v) is 33.6. The van der Waals surface area contributed by atoms with E-state index in [0.717, 1.165) is 17.1 Å². The molecule has 0 heterocycles. The van der Waals surface area contributed by atoms with Gasteiger partial charge in [0, 0.05) is 17.1 Å². The summed E-state index contributed by atoms with van der Waals surface area (Å²) < 4.78 is 0. The van der Waals surface area contributed by atoms with E-state index in [1.807, 2.05) is 0 Å². The van der Waals surface area contributed by atoms with Gasteiger partial charge in [0.15, 0.2) is 0 Å². The first kappa shape index (κ1) is 36.1. The SMILES string of the molecule is c1ccc(-c2ccc(-c3ccc(N(c4ccc(-c5ccc(-c6ccccc6)cc5)cc4)c4ccc5c(c4)c4cccc(ccc6cc7ccccc7c5c6)c4)cc3)cc2)cc1. The molecule has 0 fully saturated rings. The van der Waals surface area contributed by atoms with E-state index in [-0.39, 0.29) is 0 Å². The summed E-state index contributed by atoms with van der Waals surface area (Å²) in [6.45, 7) is 0. The number of nitrogens with zero attached hydrogens (tertiary/aromatic N) is 1. The first-order valence-electron chi connectivity index (χ1n) is 21.0. The van der Waals surface area contributed by atoms with E-state index in [0.29, 0.717) is 0 Å². The van der Waals surface area contributed by atoms with Crippen LogP contribution in [0.4, 0.5) is 17.1 Å². The summed E-state index contributed by atoms with van der Waals surface area (Å²) in [4.78, 5) is 2.39. The number of rotatable bonds is 7. The molecule has 0 saturated carbocycles. The van der Waals surface area contributed by atoms with Crippen LogP contribution in [0.5, 0.6) is 0 Å². The van der Waals surface area contributed by atoms with Crippen LogP contribution in [-0.2, 0) is 0 Å². The third-order valence-electron chi connectivity index (χ3n) is 12.0. The summed E-state index contributed by atoms with van der Waals surface area (Å²) in [6.07, 6.45) is 0. The van der Waals surface area contributed by atoms with E-state index in [9.17, 15) is 0 Å². The lowest BCUT2D eigenvalue weighted by molar-refractivity contribution is 1.29. The van der Waals surface area contributed by atoms with Gasteiger partial charge in [-0.1, -0.05) is 194 Å². The maximum absolute atomic E-state index is 2.39. The van der Waals surface area contributed by atoms with E-state index in [4.69, 9.17) is 0 Å². The highest BCUT2D eigenvalue weighted by Gasteiger charge is 2.16. The van der Waals surface area contributed by atoms with Crippen LogP contribution in [0.2, 0.25) is 0 Å². The van der Waals surface area contributed by atoms with Crippen LogP contribution in [0.3, 0.4) is 0 Å². The topological polar surface area (TPSA) is 3.24 Å². The van der Waals surface area contributed by atoms with Crippen molar-refractivity contribution in [3.8, 4) is 44.5 Å². The lowest BCUT2D eigenvalue weighted by atomic mass is 9.97. The van der Waals surface area contributed by atoms with Crippen LogP contribution >= 0.6 is 0 Å². The van der Waals surface area contributed by atoms with Gasteiger partial charge in [-0.25, -0.2) is 0 Å². The number of fused-ring (bicyclic) bond motifs is 9. The van der Waals surface area contributed by atoms with Crippen LogP contribution in [0.25, 0.3) is 87.6 Å². The standard InChI is InChI=1S/C60H41N/c1-3-11-44(12-4-1)46-20-24-48(25-21-46)50-28-32-54(33-29-50)61(55-34-30-51(31-35-55)49-26-22-47(23-27-49)45-13-5-2-6-14-45)56-36-37-58-59(41-56)53-16-9-10-42(38-53)18-19-43-39-52-15-7-8-17-57(52)60(58)40-43/h1-41H. The molecule has 0 aliphatic carbocycles. The molecule has 1 heteroatoms. The van der Waals surface area contributed by atoms with Crippen molar-refractivity contribution >= 4 is 60.2 Å². The Morgan fingerprint density at radius 3 is 1.16 bits per heavy atom. The number of anilines is 3. The third-order valence-corrected chi connectivity index (χ3v) is 12.0. The summed E-state index contributed by atoms with van der Waals surface area (Å²) in [5.41, 5.74) is 12.9. The Morgan fingerprint density at radius 2 is 0.607 bits per heavy atom. The second kappa shape index (κ2) is 15.6. The molecule has 286 valence electrons. The van der Waals surface area contributed by atoms with Gasteiger partial charge in [-0.3, -0.25) is 0 Å². The fraction of sp³-hybridized carbons (Fsp3) is 0. The Bertz CT molecular complexity index is 3230. The average Bonchev–Trinajstić information content (AvgIpc) is 3.34. The van der Waals surface area contributed by atoms with E-state index < -0.39 is 0 Å². The molecular formula is C60H41N. The van der Waals surface area contributed by atoms with Crippen LogP contribution in [0.1, 0.15) is 0 Å². The number of hydrogen-bond donors (Lipinski definition) is 0. The molecule has 0 amide bonds. The Hall–Kier alpha value is -8.00. The van der Waals surface area contributed by atoms with Gasteiger partial charge in [0.25, 0.3) is 0 Å². The monoisotopic (exact) mass is 775 g/mol. The van der Waals surface area contributed by atoms with Crippen molar-refractivity contribution in [2.45, 2.75) is 0 Å². The Labute approximate surface area is 356 Å². The molecule has 0 aliphatic rings. The maximum Gasteiger partial charge on any atom is 0.0468 e. The molecule has 0 spiro atoms. The van der Waals surface area contributed by atoms with Gasteiger partial charge < -0.3 is 4.90 Å². The minimum Gasteiger partial charge on any atom is -0.310 e. The Balaban J connectivity index is 1.04. The lowest BCUT2D eigenvalue weighted by Crippen LogP contribution is -2.09. The van der Waals surface area contributed by atoms with E-state index in [1.165, 1.54) is 87.6 Å². The summed E-state index contributed by atoms with van der Waals surface area (Å²) >= 11 is 0. The number of hydrogen-bond acceptors (Lipinski definition) is 1. The van der Waals surface area contributed by atoms with Gasteiger partial charge >= 0.3 is 0 Å².